The van der Waals surface area contributed by atoms with Crippen LogP contribution in [-0.2, 0) is 0 Å². The van der Waals surface area contributed by atoms with Crippen molar-refractivity contribution in [3.8, 4) is 0 Å². The van der Waals surface area contributed by atoms with Crippen LogP contribution in [0.4, 0.5) is 17.2 Å². The average Bonchev–Trinajstić information content (AvgIpc) is 3.07. The van der Waals surface area contributed by atoms with Gasteiger partial charge in [0.15, 0.2) is 0 Å². The summed E-state index contributed by atoms with van der Waals surface area (Å²) in [5, 5.41) is 8.74. The predicted molar refractivity (Wildman–Crippen MR) is 96.3 cm³/mol. The number of benzene rings is 1. The van der Waals surface area contributed by atoms with Crippen LogP contribution in [0.1, 0.15) is 9.67 Å². The number of carbonyl (C=O) groups excluding carboxylic acids is 1. The number of para-hydroxylation sites is 1. The van der Waals surface area contributed by atoms with Crippen molar-refractivity contribution in [3.05, 3.63) is 69.0 Å². The second-order valence-electron chi connectivity index (χ2n) is 4.59. The van der Waals surface area contributed by atoms with Gasteiger partial charge in [-0.1, -0.05) is 35.3 Å². The molecule has 0 fully saturated rings. The van der Waals surface area contributed by atoms with Crippen LogP contribution < -0.4 is 10.6 Å². The fourth-order valence-corrected chi connectivity index (χ4v) is 3.00. The molecule has 2 heterocycles. The van der Waals surface area contributed by atoms with Crippen molar-refractivity contribution >= 4 is 57.6 Å². The van der Waals surface area contributed by atoms with Crippen molar-refractivity contribution in [3.63, 3.8) is 0 Å². The van der Waals surface area contributed by atoms with E-state index in [1.807, 2.05) is 11.4 Å². The van der Waals surface area contributed by atoms with E-state index in [0.717, 1.165) is 0 Å². The van der Waals surface area contributed by atoms with Gasteiger partial charge in [0.05, 0.1) is 32.5 Å². The summed E-state index contributed by atoms with van der Waals surface area (Å²) in [4.78, 5) is 16.8. The number of carbonyl (C=O) groups is 1. The van der Waals surface area contributed by atoms with Gasteiger partial charge in [0.2, 0.25) is 0 Å². The fraction of sp³-hybridized carbons (Fsp3) is 0. The monoisotopic (exact) mass is 363 g/mol. The molecule has 0 aliphatic carbocycles. The highest BCUT2D eigenvalue weighted by Gasteiger charge is 2.09. The zero-order valence-electron chi connectivity index (χ0n) is 11.7. The fourth-order valence-electron chi connectivity index (χ4n) is 1.89. The number of nitrogens with zero attached hydrogens (tertiary/aromatic N) is 1. The molecule has 7 heteroatoms. The Morgan fingerprint density at radius 3 is 2.43 bits per heavy atom. The maximum Gasteiger partial charge on any atom is 0.266 e. The third kappa shape index (κ3) is 3.82. The molecule has 0 saturated carbocycles. The lowest BCUT2D eigenvalue weighted by Gasteiger charge is -2.10. The van der Waals surface area contributed by atoms with Gasteiger partial charge in [-0.2, -0.15) is 0 Å². The van der Waals surface area contributed by atoms with Crippen LogP contribution >= 0.6 is 34.5 Å². The van der Waals surface area contributed by atoms with Crippen LogP contribution in [0.15, 0.2) is 54.0 Å². The van der Waals surface area contributed by atoms with Crippen molar-refractivity contribution in [2.45, 2.75) is 0 Å². The smallest absolute Gasteiger partial charge is 0.266 e. The summed E-state index contributed by atoms with van der Waals surface area (Å²) in [5.41, 5.74) is 1.34. The first-order valence-corrected chi connectivity index (χ1v) is 8.29. The van der Waals surface area contributed by atoms with Crippen LogP contribution in [0.2, 0.25) is 10.0 Å². The Labute approximate surface area is 147 Å². The maximum absolute atomic E-state index is 11.9. The molecule has 0 aliphatic heterocycles. The van der Waals surface area contributed by atoms with Crippen LogP contribution in [0.25, 0.3) is 0 Å². The molecule has 4 nitrogen and oxygen atoms in total. The molecule has 2 N–H and O–H groups in total. The Kier molecular flexibility index (Phi) is 4.81. The van der Waals surface area contributed by atoms with Gasteiger partial charge in [0, 0.05) is 0 Å². The molecule has 0 saturated heterocycles. The van der Waals surface area contributed by atoms with Gasteiger partial charge >= 0.3 is 0 Å². The van der Waals surface area contributed by atoms with Gasteiger partial charge in [-0.3, -0.25) is 4.79 Å². The Morgan fingerprint density at radius 2 is 1.83 bits per heavy atom. The molecule has 23 heavy (non-hydrogen) atoms. The lowest BCUT2D eigenvalue weighted by molar-refractivity contribution is 0.103. The zero-order chi connectivity index (χ0) is 16.2. The van der Waals surface area contributed by atoms with Crippen molar-refractivity contribution in [1.82, 2.24) is 4.98 Å². The van der Waals surface area contributed by atoms with Crippen molar-refractivity contribution < 1.29 is 4.79 Å². The van der Waals surface area contributed by atoms with Crippen LogP contribution in [0.5, 0.6) is 0 Å². The number of amides is 1. The standard InChI is InChI=1S/C16H11Cl2N3OS/c17-11-3-1-4-12(18)15(11)20-10-6-7-14(19-9-10)21-16(22)13-5-2-8-23-13/h1-9,20H,(H,19,21,22). The van der Waals surface area contributed by atoms with E-state index >= 15 is 0 Å². The lowest BCUT2D eigenvalue weighted by Crippen LogP contribution is -2.11. The minimum absolute atomic E-state index is 0.178. The predicted octanol–water partition coefficient (Wildman–Crippen LogP) is 5.45. The molecule has 0 spiro atoms. The van der Waals surface area contributed by atoms with E-state index in [0.29, 0.717) is 32.1 Å². The van der Waals surface area contributed by atoms with Gasteiger partial charge in [0.25, 0.3) is 5.91 Å². The third-order valence-electron chi connectivity index (χ3n) is 2.98. The highest BCUT2D eigenvalue weighted by atomic mass is 35.5. The van der Waals surface area contributed by atoms with Gasteiger partial charge in [-0.15, -0.1) is 11.3 Å². The zero-order valence-corrected chi connectivity index (χ0v) is 14.0. The molecular formula is C16H11Cl2N3OS. The quantitative estimate of drug-likeness (QED) is 0.648. The number of pyridine rings is 1. The number of anilines is 3. The van der Waals surface area contributed by atoms with Crippen LogP contribution in [0.3, 0.4) is 0 Å². The first-order chi connectivity index (χ1) is 11.1. The molecule has 0 aliphatic rings. The van der Waals surface area contributed by atoms with Crippen molar-refractivity contribution in [2.75, 3.05) is 10.6 Å². The molecule has 0 radical (unpaired) electrons. The molecule has 1 amide bonds. The molecule has 0 bridgehead atoms. The Hall–Kier alpha value is -2.08. The van der Waals surface area contributed by atoms with Gasteiger partial charge in [-0.05, 0) is 35.7 Å². The minimum Gasteiger partial charge on any atom is -0.352 e. The summed E-state index contributed by atoms with van der Waals surface area (Å²) in [6.45, 7) is 0. The van der Waals surface area contributed by atoms with E-state index < -0.39 is 0 Å². The lowest BCUT2D eigenvalue weighted by atomic mass is 10.3. The number of aromatic nitrogens is 1. The van der Waals surface area contributed by atoms with E-state index in [1.54, 1.807) is 42.6 Å². The van der Waals surface area contributed by atoms with E-state index in [4.69, 9.17) is 23.2 Å². The summed E-state index contributed by atoms with van der Waals surface area (Å²) in [6.07, 6.45) is 1.60. The molecular weight excluding hydrogens is 353 g/mol. The van der Waals surface area contributed by atoms with Crippen molar-refractivity contribution in [1.29, 1.82) is 0 Å². The number of halogens is 2. The number of rotatable bonds is 4. The normalized spacial score (nSPS) is 10.3. The maximum atomic E-state index is 11.9. The summed E-state index contributed by atoms with van der Waals surface area (Å²) in [5.74, 6) is 0.293. The molecule has 116 valence electrons. The summed E-state index contributed by atoms with van der Waals surface area (Å²) in [7, 11) is 0. The molecule has 0 atom stereocenters. The summed E-state index contributed by atoms with van der Waals surface area (Å²) in [6, 6.07) is 12.4. The van der Waals surface area contributed by atoms with E-state index in [-0.39, 0.29) is 5.91 Å². The largest absolute Gasteiger partial charge is 0.352 e. The van der Waals surface area contributed by atoms with Gasteiger partial charge in [0.1, 0.15) is 5.82 Å². The SMILES string of the molecule is O=C(Nc1ccc(Nc2c(Cl)cccc2Cl)cn1)c1cccs1. The van der Waals surface area contributed by atoms with E-state index in [1.165, 1.54) is 11.3 Å². The third-order valence-corrected chi connectivity index (χ3v) is 4.48. The number of thiophene rings is 1. The average molecular weight is 364 g/mol. The number of nitrogens with one attached hydrogen (secondary N) is 2. The highest BCUT2D eigenvalue weighted by molar-refractivity contribution is 7.12. The van der Waals surface area contributed by atoms with Crippen molar-refractivity contribution in [2.24, 2.45) is 0 Å². The first kappa shape index (κ1) is 15.8. The Morgan fingerprint density at radius 1 is 1.04 bits per heavy atom. The molecule has 0 unspecified atom stereocenters. The second kappa shape index (κ2) is 7.00. The molecule has 3 rings (SSSR count). The van der Waals surface area contributed by atoms with Gasteiger partial charge in [-0.25, -0.2) is 4.98 Å². The van der Waals surface area contributed by atoms with Crippen LogP contribution in [0, 0.1) is 0 Å². The second-order valence-corrected chi connectivity index (χ2v) is 6.35. The molecule has 2 aromatic heterocycles. The molecule has 1 aromatic carbocycles. The highest BCUT2D eigenvalue weighted by Crippen LogP contribution is 2.32. The van der Waals surface area contributed by atoms with E-state index in [9.17, 15) is 4.79 Å². The van der Waals surface area contributed by atoms with Gasteiger partial charge < -0.3 is 10.6 Å². The van der Waals surface area contributed by atoms with Crippen LogP contribution in [-0.4, -0.2) is 10.9 Å². The molecule has 3 aromatic rings. The first-order valence-electron chi connectivity index (χ1n) is 6.65. The minimum atomic E-state index is -0.178. The Bertz CT molecular complexity index is 800. The topological polar surface area (TPSA) is 54.0 Å². The number of hydrogen-bond donors (Lipinski definition) is 2. The Balaban J connectivity index is 1.71. The summed E-state index contributed by atoms with van der Waals surface area (Å²) < 4.78 is 0. The van der Waals surface area contributed by atoms with E-state index in [2.05, 4.69) is 15.6 Å². The summed E-state index contributed by atoms with van der Waals surface area (Å²) >= 11 is 13.6. The number of hydrogen-bond acceptors (Lipinski definition) is 4.